The number of fused-ring (bicyclic) bond motifs is 8. The van der Waals surface area contributed by atoms with E-state index in [2.05, 4.69) is 136 Å². The largest absolute Gasteiger partial charge is 0.355 e. The zero-order valence-electron chi connectivity index (χ0n) is 35.2. The van der Waals surface area contributed by atoms with Crippen molar-refractivity contribution in [3.63, 3.8) is 0 Å². The minimum absolute atomic E-state index is 0.859. The van der Waals surface area contributed by atoms with Gasteiger partial charge in [0.15, 0.2) is 0 Å². The van der Waals surface area contributed by atoms with E-state index < -0.39 is 0 Å². The summed E-state index contributed by atoms with van der Waals surface area (Å²) in [5.41, 5.74) is 21.4. The van der Waals surface area contributed by atoms with Crippen LogP contribution >= 0.6 is 27.3 Å². The Morgan fingerprint density at radius 1 is 0.536 bits per heavy atom. The normalized spacial score (nSPS) is 12.6. The van der Waals surface area contributed by atoms with Crippen LogP contribution < -0.4 is 0 Å². The molecular formula is C50H59BrN4S. The van der Waals surface area contributed by atoms with Gasteiger partial charge in [-0.25, -0.2) is 9.97 Å². The number of rotatable bonds is 13. The van der Waals surface area contributed by atoms with Crippen LogP contribution in [0.5, 0.6) is 0 Å². The van der Waals surface area contributed by atoms with Gasteiger partial charge in [0.25, 0.3) is 0 Å². The monoisotopic (exact) mass is 826 g/mol. The van der Waals surface area contributed by atoms with Crippen molar-refractivity contribution in [2.75, 3.05) is 0 Å². The number of allylic oxidation sites excluding steroid dienone is 4. The van der Waals surface area contributed by atoms with E-state index in [1.54, 1.807) is 11.3 Å². The van der Waals surface area contributed by atoms with Gasteiger partial charge in [-0.3, -0.25) is 0 Å². The molecule has 2 aliphatic rings. The Hall–Kier alpha value is -4.10. The fourth-order valence-electron chi connectivity index (χ4n) is 8.87. The summed E-state index contributed by atoms with van der Waals surface area (Å²) in [5, 5.41) is 0. The summed E-state index contributed by atoms with van der Waals surface area (Å²) < 4.78 is 1.18. The number of thiophene rings is 1. The molecule has 0 spiro atoms. The number of hydrogen-bond acceptors (Lipinski definition) is 3. The van der Waals surface area contributed by atoms with Gasteiger partial charge in [-0.1, -0.05) is 81.6 Å². The van der Waals surface area contributed by atoms with E-state index in [4.69, 9.17) is 9.97 Å². The second-order valence-corrected chi connectivity index (χ2v) is 17.2. The topological polar surface area (TPSA) is 57.4 Å². The Bertz CT molecular complexity index is 2350. The minimum atomic E-state index is 0.859. The number of aromatic amines is 2. The van der Waals surface area contributed by atoms with Gasteiger partial charge in [-0.05, 0) is 178 Å². The van der Waals surface area contributed by atoms with Gasteiger partial charge in [-0.2, -0.15) is 0 Å². The number of aryl methyl sites for hydroxylation is 5. The van der Waals surface area contributed by atoms with Crippen LogP contribution in [-0.4, -0.2) is 19.9 Å². The lowest BCUT2D eigenvalue weighted by atomic mass is 9.94. The molecule has 0 saturated heterocycles. The first-order valence-corrected chi connectivity index (χ1v) is 23.0. The number of aromatic nitrogens is 4. The van der Waals surface area contributed by atoms with Crippen molar-refractivity contribution in [2.45, 2.75) is 146 Å². The molecule has 0 amide bonds. The van der Waals surface area contributed by atoms with E-state index in [1.807, 2.05) is 0 Å². The van der Waals surface area contributed by atoms with Crippen LogP contribution in [0, 0.1) is 23.7 Å². The molecule has 4 aromatic heterocycles. The molecule has 8 bridgehead atoms. The second kappa shape index (κ2) is 18.9. The Balaban J connectivity index is 1.70. The molecule has 0 aliphatic carbocycles. The molecule has 56 heavy (non-hydrogen) atoms. The summed E-state index contributed by atoms with van der Waals surface area (Å²) in [4.78, 5) is 19.9. The minimum Gasteiger partial charge on any atom is -0.355 e. The maximum Gasteiger partial charge on any atom is 0.0851 e. The van der Waals surface area contributed by atoms with Crippen molar-refractivity contribution in [2.24, 2.45) is 0 Å². The van der Waals surface area contributed by atoms with Gasteiger partial charge in [0.05, 0.1) is 37.0 Å². The third kappa shape index (κ3) is 8.16. The zero-order valence-corrected chi connectivity index (χ0v) is 37.6. The van der Waals surface area contributed by atoms with Crippen LogP contribution in [0.3, 0.4) is 0 Å². The summed E-state index contributed by atoms with van der Waals surface area (Å²) in [6.45, 7) is 20.3. The summed E-state index contributed by atoms with van der Waals surface area (Å²) in [6.07, 6.45) is 13.4. The van der Waals surface area contributed by atoms with Crippen LogP contribution in [0.15, 0.2) is 28.1 Å². The van der Waals surface area contributed by atoms with E-state index in [-0.39, 0.29) is 0 Å². The van der Waals surface area contributed by atoms with Gasteiger partial charge < -0.3 is 9.97 Å². The third-order valence-corrected chi connectivity index (χ3v) is 13.5. The number of nitrogens with one attached hydrogen (secondary N) is 2. The maximum atomic E-state index is 5.52. The highest BCUT2D eigenvalue weighted by Crippen LogP contribution is 2.41. The molecule has 0 unspecified atom stereocenters. The van der Waals surface area contributed by atoms with Crippen LogP contribution in [-0.2, 0) is 32.1 Å². The van der Waals surface area contributed by atoms with Crippen molar-refractivity contribution in [3.05, 3.63) is 89.1 Å². The number of unbranched alkanes of at least 4 members (excludes halogenated alkanes) is 3. The number of halogens is 1. The molecule has 292 valence electrons. The van der Waals surface area contributed by atoms with Crippen molar-refractivity contribution >= 4 is 71.6 Å². The second-order valence-electron chi connectivity index (χ2n) is 14.8. The first kappa shape index (κ1) is 41.5. The highest BCUT2D eigenvalue weighted by Gasteiger charge is 2.27. The zero-order chi connectivity index (χ0) is 39.9. The molecule has 0 saturated carbocycles. The lowest BCUT2D eigenvalue weighted by Gasteiger charge is -2.08. The molecule has 4 nitrogen and oxygen atoms in total. The standard InChI is InChI=1S/C50H59BrN4S/c1-10-19-20-21-24-31-27-32(56-50(31)51)25-22-23-26-41-48-39(17-8)37(15-6)46(54-48)29-44-35(13-4)33(11-2)42(52-44)28-43-34(12-3)36(14-5)45(53-43)30-47-38(16-7)40(18-9)49(41)55-47/h27-30,52-53H,10-21,24H2,1-9H3. The van der Waals surface area contributed by atoms with Crippen LogP contribution in [0.4, 0.5) is 0 Å². The molecule has 0 radical (unpaired) electrons. The van der Waals surface area contributed by atoms with E-state index in [0.29, 0.717) is 0 Å². The summed E-state index contributed by atoms with van der Waals surface area (Å²) in [6, 6.07) is 9.19. The van der Waals surface area contributed by atoms with Gasteiger partial charge in [0, 0.05) is 22.1 Å². The van der Waals surface area contributed by atoms with E-state index in [1.165, 1.54) is 90.6 Å². The number of nitrogens with zero attached hydrogens (tertiary/aromatic N) is 2. The molecular weight excluding hydrogens is 769 g/mol. The predicted molar refractivity (Wildman–Crippen MR) is 247 cm³/mol. The highest BCUT2D eigenvalue weighted by atomic mass is 79.9. The lowest BCUT2D eigenvalue weighted by molar-refractivity contribution is 0.667. The van der Waals surface area contributed by atoms with Crippen LogP contribution in [0.2, 0.25) is 0 Å². The Morgan fingerprint density at radius 2 is 1.00 bits per heavy atom. The summed E-state index contributed by atoms with van der Waals surface area (Å²) >= 11 is 5.51. The fourth-order valence-corrected chi connectivity index (χ4v) is 10.5. The third-order valence-electron chi connectivity index (χ3n) is 11.6. The average molecular weight is 828 g/mol. The molecule has 2 N–H and O–H groups in total. The number of H-pyrrole nitrogens is 2. The SMILES string of the molecule is CCCCCCc1cc(C#CC#Cc2c3nc(cc4[nH]c(cc5[nH]c(cc6nc2C(CC)=C6CC)c(CC)c5CC)c(CC)c4CC)C(CC)=C3CC)sc1Br. The maximum absolute atomic E-state index is 5.52. The summed E-state index contributed by atoms with van der Waals surface area (Å²) in [5.74, 6) is 13.5. The van der Waals surface area contributed by atoms with Gasteiger partial charge in [0.1, 0.15) is 0 Å². The molecule has 6 heterocycles. The molecule has 0 atom stereocenters. The molecule has 6 heteroatoms. The van der Waals surface area contributed by atoms with E-state index in [0.717, 1.165) is 102 Å². The Morgan fingerprint density at radius 3 is 1.45 bits per heavy atom. The van der Waals surface area contributed by atoms with Crippen molar-refractivity contribution in [1.82, 2.24) is 19.9 Å². The van der Waals surface area contributed by atoms with E-state index in [9.17, 15) is 0 Å². The first-order chi connectivity index (χ1) is 27.3. The van der Waals surface area contributed by atoms with Crippen LogP contribution in [0.1, 0.15) is 175 Å². The van der Waals surface area contributed by atoms with Crippen molar-refractivity contribution in [1.29, 1.82) is 0 Å². The first-order valence-electron chi connectivity index (χ1n) is 21.3. The van der Waals surface area contributed by atoms with Gasteiger partial charge >= 0.3 is 0 Å². The smallest absolute Gasteiger partial charge is 0.0851 e. The van der Waals surface area contributed by atoms with Crippen molar-refractivity contribution < 1.29 is 0 Å². The summed E-state index contributed by atoms with van der Waals surface area (Å²) in [7, 11) is 0. The average Bonchev–Trinajstić information content (AvgIpc) is 4.00. The molecule has 0 fully saturated rings. The predicted octanol–water partition coefficient (Wildman–Crippen LogP) is 14.4. The molecule has 6 rings (SSSR count). The number of hydrogen-bond donors (Lipinski definition) is 2. The van der Waals surface area contributed by atoms with Gasteiger partial charge in [0.2, 0.25) is 0 Å². The quantitative estimate of drug-likeness (QED) is 0.104. The van der Waals surface area contributed by atoms with E-state index >= 15 is 0 Å². The van der Waals surface area contributed by atoms with Crippen molar-refractivity contribution in [3.8, 4) is 23.7 Å². The Labute approximate surface area is 348 Å². The Kier molecular flexibility index (Phi) is 14.0. The van der Waals surface area contributed by atoms with Crippen LogP contribution in [0.25, 0.3) is 44.4 Å². The lowest BCUT2D eigenvalue weighted by Crippen LogP contribution is -1.95. The fraction of sp³-hybridized carbons (Fsp3) is 0.440. The van der Waals surface area contributed by atoms with Gasteiger partial charge in [-0.15, -0.1) is 11.3 Å². The highest BCUT2D eigenvalue weighted by molar-refractivity contribution is 9.11. The molecule has 0 aromatic carbocycles. The molecule has 2 aliphatic heterocycles. The molecule has 4 aromatic rings.